The number of hydrogen-bond donors (Lipinski definition) is 0. The molecule has 0 heterocycles. The first-order valence-electron chi connectivity index (χ1n) is 8.47. The van der Waals surface area contributed by atoms with Crippen molar-refractivity contribution in [3.8, 4) is 0 Å². The molecule has 21 heavy (non-hydrogen) atoms. The van der Waals surface area contributed by atoms with Crippen LogP contribution in [0.15, 0.2) is 29.5 Å². The average Bonchev–Trinajstić information content (AvgIpc) is 2.50. The lowest BCUT2D eigenvalue weighted by atomic mass is 10.1. The van der Waals surface area contributed by atoms with E-state index in [9.17, 15) is 9.70 Å². The number of unbranched alkanes of at least 4 members (excludes halogenated alkanes) is 8. The van der Waals surface area contributed by atoms with Gasteiger partial charge in [0.2, 0.25) is 0 Å². The predicted molar refractivity (Wildman–Crippen MR) is 90.2 cm³/mol. The number of rotatable bonds is 14. The highest BCUT2D eigenvalue weighted by Crippen LogP contribution is 2.08. The third kappa shape index (κ3) is 16.7. The van der Waals surface area contributed by atoms with E-state index in [4.69, 9.17) is 0 Å². The zero-order chi connectivity index (χ0) is 15.6. The minimum absolute atomic E-state index is 0.313. The van der Waals surface area contributed by atoms with Gasteiger partial charge in [0, 0.05) is 11.6 Å². The minimum Gasteiger partial charge on any atom is -0.269 e. The van der Waals surface area contributed by atoms with Crippen LogP contribution >= 0.6 is 0 Å². The summed E-state index contributed by atoms with van der Waals surface area (Å²) in [6.45, 7) is 2.23. The van der Waals surface area contributed by atoms with Crippen molar-refractivity contribution in [1.82, 2.24) is 0 Å². The van der Waals surface area contributed by atoms with E-state index in [1.807, 2.05) is 0 Å². The molecule has 0 aliphatic carbocycles. The molecule has 0 rings (SSSR count). The molecule has 0 aromatic rings. The van der Waals surface area contributed by atoms with E-state index in [2.05, 4.69) is 36.4 Å². The van der Waals surface area contributed by atoms with Crippen LogP contribution in [0, 0.1) is 4.91 Å². The van der Waals surface area contributed by atoms with Crippen molar-refractivity contribution in [2.45, 2.75) is 84.0 Å². The van der Waals surface area contributed by atoms with Gasteiger partial charge >= 0.3 is 0 Å². The summed E-state index contributed by atoms with van der Waals surface area (Å²) in [6, 6.07) is 0. The number of hydrogen-bond acceptors (Lipinski definition) is 2. The normalized spacial score (nSPS) is 11.5. The second-order valence-electron chi connectivity index (χ2n) is 5.47. The molecule has 0 aromatic carbocycles. The van der Waals surface area contributed by atoms with Gasteiger partial charge in [-0.3, -0.25) is 4.79 Å². The van der Waals surface area contributed by atoms with Gasteiger partial charge in [-0.15, -0.1) is 4.91 Å². The van der Waals surface area contributed by atoms with Crippen LogP contribution in [0.25, 0.3) is 0 Å². The predicted octanol–water partition coefficient (Wildman–Crippen LogP) is 6.09. The average molecular weight is 293 g/mol. The Morgan fingerprint density at radius 3 is 2.00 bits per heavy atom. The molecule has 3 nitrogen and oxygen atoms in total. The maximum absolute atomic E-state index is 10.7. The Morgan fingerprint density at radius 2 is 1.38 bits per heavy atom. The number of allylic oxidation sites excluding steroid dienone is 4. The van der Waals surface area contributed by atoms with Crippen molar-refractivity contribution in [2.24, 2.45) is 5.18 Å². The lowest BCUT2D eigenvalue weighted by molar-refractivity contribution is -0.118. The Bertz CT molecular complexity index is 308. The van der Waals surface area contributed by atoms with E-state index in [1.54, 1.807) is 0 Å². The van der Waals surface area contributed by atoms with Gasteiger partial charge in [0.15, 0.2) is 0 Å². The van der Waals surface area contributed by atoms with Gasteiger partial charge in [-0.2, -0.15) is 0 Å². The lowest BCUT2D eigenvalue weighted by Crippen LogP contribution is -1.90. The molecule has 1 amide bonds. The van der Waals surface area contributed by atoms with Gasteiger partial charge in [0.05, 0.1) is 0 Å². The molecule has 0 aliphatic rings. The molecule has 0 atom stereocenters. The van der Waals surface area contributed by atoms with Crippen LogP contribution < -0.4 is 0 Å². The first-order valence-corrected chi connectivity index (χ1v) is 8.47. The molecule has 0 spiro atoms. The van der Waals surface area contributed by atoms with E-state index < -0.39 is 5.91 Å². The van der Waals surface area contributed by atoms with E-state index in [0.29, 0.717) is 6.42 Å². The lowest BCUT2D eigenvalue weighted by Gasteiger charge is -1.97. The zero-order valence-corrected chi connectivity index (χ0v) is 13.6. The quantitative estimate of drug-likeness (QED) is 0.221. The third-order valence-electron chi connectivity index (χ3n) is 3.44. The molecule has 0 radical (unpaired) electrons. The Morgan fingerprint density at radius 1 is 0.810 bits per heavy atom. The van der Waals surface area contributed by atoms with Crippen LogP contribution in [0.1, 0.15) is 84.0 Å². The monoisotopic (exact) mass is 293 g/mol. The number of amides is 1. The standard InChI is InChI=1S/C18H31NO2/c1-2-3-4-5-6-7-8-9-10-11-12-13-14-15-16-17-18(20)19-21/h6-7,9-10H,2-5,8,11-17H2,1H3/b7-6-,10-9-. The first kappa shape index (κ1) is 19.8. The van der Waals surface area contributed by atoms with Gasteiger partial charge in [0.1, 0.15) is 0 Å². The number of carbonyl (C=O) groups is 1. The Kier molecular flexibility index (Phi) is 15.8. The fourth-order valence-electron chi connectivity index (χ4n) is 2.13. The second kappa shape index (κ2) is 16.8. The maximum atomic E-state index is 10.7. The Hall–Kier alpha value is -1.25. The number of nitroso groups, excluding NO2 is 1. The molecule has 0 bridgehead atoms. The smallest absolute Gasteiger partial charge is 0.269 e. The molecule has 0 aromatic heterocycles. The van der Waals surface area contributed by atoms with E-state index >= 15 is 0 Å². The number of nitrogens with zero attached hydrogens (tertiary/aromatic N) is 1. The molecule has 120 valence electrons. The molecule has 0 N–H and O–H groups in total. The summed E-state index contributed by atoms with van der Waals surface area (Å²) >= 11 is 0. The van der Waals surface area contributed by atoms with Gasteiger partial charge in [0.25, 0.3) is 5.91 Å². The van der Waals surface area contributed by atoms with Crippen molar-refractivity contribution in [3.63, 3.8) is 0 Å². The van der Waals surface area contributed by atoms with Crippen LogP contribution in [-0.4, -0.2) is 5.91 Å². The molecule has 0 fully saturated rings. The van der Waals surface area contributed by atoms with E-state index in [0.717, 1.165) is 32.1 Å². The van der Waals surface area contributed by atoms with Crippen molar-refractivity contribution >= 4 is 5.91 Å². The van der Waals surface area contributed by atoms with Crippen LogP contribution in [0.3, 0.4) is 0 Å². The molecule has 0 aliphatic heterocycles. The van der Waals surface area contributed by atoms with E-state index in [-0.39, 0.29) is 0 Å². The zero-order valence-electron chi connectivity index (χ0n) is 13.6. The van der Waals surface area contributed by atoms with Crippen molar-refractivity contribution < 1.29 is 4.79 Å². The molecular formula is C18H31NO2. The molecular weight excluding hydrogens is 262 g/mol. The SMILES string of the molecule is CCCCC/C=C\C/C=C\CCCCCCCC(=O)N=O. The molecule has 0 unspecified atom stereocenters. The number of carbonyl (C=O) groups excluding carboxylic acids is 1. The van der Waals surface area contributed by atoms with Crippen molar-refractivity contribution in [3.05, 3.63) is 29.2 Å². The maximum Gasteiger partial charge on any atom is 0.286 e. The molecule has 3 heteroatoms. The molecule has 0 saturated carbocycles. The summed E-state index contributed by atoms with van der Waals surface area (Å²) < 4.78 is 0. The van der Waals surface area contributed by atoms with E-state index in [1.165, 1.54) is 38.5 Å². The summed E-state index contributed by atoms with van der Waals surface area (Å²) in [5, 5.41) is 2.39. The Balaban J connectivity index is 3.21. The fraction of sp³-hybridized carbons (Fsp3) is 0.722. The topological polar surface area (TPSA) is 46.5 Å². The summed E-state index contributed by atoms with van der Waals surface area (Å²) in [5.74, 6) is -0.513. The van der Waals surface area contributed by atoms with Crippen molar-refractivity contribution in [2.75, 3.05) is 0 Å². The third-order valence-corrected chi connectivity index (χ3v) is 3.44. The van der Waals surface area contributed by atoms with Gasteiger partial charge in [-0.1, -0.05) is 63.3 Å². The second-order valence-corrected chi connectivity index (χ2v) is 5.47. The molecule has 0 saturated heterocycles. The minimum atomic E-state index is -0.513. The summed E-state index contributed by atoms with van der Waals surface area (Å²) in [4.78, 5) is 20.5. The highest BCUT2D eigenvalue weighted by atomic mass is 16.3. The fourth-order valence-corrected chi connectivity index (χ4v) is 2.13. The van der Waals surface area contributed by atoms with Gasteiger partial charge in [-0.05, 0) is 38.5 Å². The summed E-state index contributed by atoms with van der Waals surface area (Å²) in [7, 11) is 0. The van der Waals surface area contributed by atoms with Crippen LogP contribution in [-0.2, 0) is 4.79 Å². The first-order chi connectivity index (χ1) is 10.3. The van der Waals surface area contributed by atoms with Crippen LogP contribution in [0.2, 0.25) is 0 Å². The van der Waals surface area contributed by atoms with Gasteiger partial charge in [-0.25, -0.2) is 0 Å². The summed E-state index contributed by atoms with van der Waals surface area (Å²) in [5.41, 5.74) is 0. The highest BCUT2D eigenvalue weighted by Gasteiger charge is 1.99. The van der Waals surface area contributed by atoms with Crippen molar-refractivity contribution in [1.29, 1.82) is 0 Å². The van der Waals surface area contributed by atoms with Gasteiger partial charge < -0.3 is 0 Å². The highest BCUT2D eigenvalue weighted by molar-refractivity contribution is 5.76. The van der Waals surface area contributed by atoms with Crippen LogP contribution in [0.5, 0.6) is 0 Å². The largest absolute Gasteiger partial charge is 0.286 e. The Labute approximate surface area is 129 Å². The summed E-state index contributed by atoms with van der Waals surface area (Å²) in [6.07, 6.45) is 22.0. The van der Waals surface area contributed by atoms with Crippen LogP contribution in [0.4, 0.5) is 0 Å².